The Morgan fingerprint density at radius 2 is 1.45 bits per heavy atom. The molecule has 0 atom stereocenters. The fraction of sp³-hybridized carbons (Fsp3) is 0.682. The van der Waals surface area contributed by atoms with Gasteiger partial charge in [-0.3, -0.25) is 4.90 Å². The first-order valence-electron chi connectivity index (χ1n) is 11.3. The predicted octanol–water partition coefficient (Wildman–Crippen LogP) is 3.00. The molecule has 174 valence electrons. The van der Waals surface area contributed by atoms with E-state index in [4.69, 9.17) is 0 Å². The molecule has 0 unspecified atom stereocenters. The normalized spacial score (nSPS) is 18.4. The number of piperazine rings is 1. The molecule has 2 amide bonds. The molecule has 6 nitrogen and oxygen atoms in total. The molecule has 2 N–H and O–H groups in total. The summed E-state index contributed by atoms with van der Waals surface area (Å²) < 4.78 is 38.7. The highest BCUT2D eigenvalue weighted by Crippen LogP contribution is 2.31. The topological polar surface area (TPSA) is 50.9 Å². The number of benzene rings is 1. The summed E-state index contributed by atoms with van der Waals surface area (Å²) in [7, 11) is 0. The van der Waals surface area contributed by atoms with Crippen molar-refractivity contribution in [2.45, 2.75) is 31.9 Å². The minimum absolute atomic E-state index is 0.115. The highest BCUT2D eigenvalue weighted by Gasteiger charge is 2.31. The second kappa shape index (κ2) is 11.6. The Hall–Kier alpha value is -2.00. The van der Waals surface area contributed by atoms with E-state index < -0.39 is 11.7 Å². The van der Waals surface area contributed by atoms with Crippen LogP contribution >= 0.6 is 0 Å². The number of alkyl halides is 3. The number of anilines is 1. The molecule has 2 fully saturated rings. The molecule has 0 aliphatic carbocycles. The smallest absolute Gasteiger partial charge is 0.369 e. The molecule has 0 aromatic heterocycles. The molecule has 31 heavy (non-hydrogen) atoms. The van der Waals surface area contributed by atoms with Gasteiger partial charge in [-0.15, -0.1) is 0 Å². The van der Waals surface area contributed by atoms with Gasteiger partial charge in [0.25, 0.3) is 0 Å². The zero-order chi connectivity index (χ0) is 22.1. The van der Waals surface area contributed by atoms with Crippen LogP contribution in [-0.2, 0) is 6.18 Å². The maximum atomic E-state index is 12.9. The van der Waals surface area contributed by atoms with Gasteiger partial charge in [0, 0.05) is 45.0 Å². The van der Waals surface area contributed by atoms with Crippen molar-refractivity contribution in [3.8, 4) is 0 Å². The molecule has 0 radical (unpaired) electrons. The SMILES string of the molecule is O=C(NCCCN1CCCC1)NCCCN1CCN(c2cccc(C(F)(F)F)c2)CC1. The average molecular weight is 442 g/mol. The van der Waals surface area contributed by atoms with Crippen LogP contribution in [0.5, 0.6) is 0 Å². The van der Waals surface area contributed by atoms with E-state index in [1.54, 1.807) is 6.07 Å². The number of hydrogen-bond donors (Lipinski definition) is 2. The molecular weight excluding hydrogens is 407 g/mol. The lowest BCUT2D eigenvalue weighted by molar-refractivity contribution is -0.137. The molecule has 2 aliphatic rings. The van der Waals surface area contributed by atoms with Crippen molar-refractivity contribution in [1.29, 1.82) is 0 Å². The molecule has 0 saturated carbocycles. The van der Waals surface area contributed by atoms with Crippen molar-refractivity contribution in [2.75, 3.05) is 70.3 Å². The van der Waals surface area contributed by atoms with Crippen LogP contribution in [0, 0.1) is 0 Å². The van der Waals surface area contributed by atoms with Crippen LogP contribution in [0.4, 0.5) is 23.7 Å². The van der Waals surface area contributed by atoms with Gasteiger partial charge in [-0.2, -0.15) is 13.2 Å². The zero-order valence-corrected chi connectivity index (χ0v) is 18.1. The van der Waals surface area contributed by atoms with E-state index in [1.807, 2.05) is 4.90 Å². The lowest BCUT2D eigenvalue weighted by atomic mass is 10.1. The van der Waals surface area contributed by atoms with Crippen molar-refractivity contribution in [3.63, 3.8) is 0 Å². The number of nitrogens with one attached hydrogen (secondary N) is 2. The molecule has 2 heterocycles. The average Bonchev–Trinajstić information content (AvgIpc) is 3.28. The maximum absolute atomic E-state index is 12.9. The van der Waals surface area contributed by atoms with E-state index in [0.717, 1.165) is 45.1 Å². The summed E-state index contributed by atoms with van der Waals surface area (Å²) in [5.41, 5.74) is 0.0189. The zero-order valence-electron chi connectivity index (χ0n) is 18.1. The largest absolute Gasteiger partial charge is 0.416 e. The monoisotopic (exact) mass is 441 g/mol. The summed E-state index contributed by atoms with van der Waals surface area (Å²) in [4.78, 5) is 18.6. The number of rotatable bonds is 9. The number of halogens is 3. The first kappa shape index (κ1) is 23.7. The van der Waals surface area contributed by atoms with Gasteiger partial charge < -0.3 is 20.4 Å². The molecule has 3 rings (SSSR count). The maximum Gasteiger partial charge on any atom is 0.416 e. The van der Waals surface area contributed by atoms with Crippen LogP contribution in [0.2, 0.25) is 0 Å². The Balaban J connectivity index is 1.25. The summed E-state index contributed by atoms with van der Waals surface area (Å²) in [5, 5.41) is 5.81. The fourth-order valence-electron chi connectivity index (χ4n) is 4.19. The summed E-state index contributed by atoms with van der Waals surface area (Å²) in [5.74, 6) is 0. The molecule has 2 aliphatic heterocycles. The molecule has 1 aromatic carbocycles. The van der Waals surface area contributed by atoms with E-state index in [9.17, 15) is 18.0 Å². The van der Waals surface area contributed by atoms with E-state index in [-0.39, 0.29) is 6.03 Å². The van der Waals surface area contributed by atoms with E-state index in [1.165, 1.54) is 38.1 Å². The highest BCUT2D eigenvalue weighted by atomic mass is 19.4. The third-order valence-electron chi connectivity index (χ3n) is 5.98. The van der Waals surface area contributed by atoms with Gasteiger partial charge in [-0.05, 0) is 70.1 Å². The second-order valence-corrected chi connectivity index (χ2v) is 8.32. The fourth-order valence-corrected chi connectivity index (χ4v) is 4.19. The van der Waals surface area contributed by atoms with Crippen molar-refractivity contribution >= 4 is 11.7 Å². The number of amides is 2. The Morgan fingerprint density at radius 1 is 0.871 bits per heavy atom. The van der Waals surface area contributed by atoms with Crippen LogP contribution in [0.25, 0.3) is 0 Å². The third-order valence-corrected chi connectivity index (χ3v) is 5.98. The number of carbonyl (C=O) groups excluding carboxylic acids is 1. The van der Waals surface area contributed by atoms with Gasteiger partial charge in [-0.1, -0.05) is 6.07 Å². The third kappa shape index (κ3) is 7.88. The van der Waals surface area contributed by atoms with Crippen LogP contribution in [0.15, 0.2) is 24.3 Å². The van der Waals surface area contributed by atoms with Gasteiger partial charge >= 0.3 is 12.2 Å². The quantitative estimate of drug-likeness (QED) is 0.579. The van der Waals surface area contributed by atoms with Gasteiger partial charge in [0.1, 0.15) is 0 Å². The molecule has 2 saturated heterocycles. The lowest BCUT2D eigenvalue weighted by Gasteiger charge is -2.36. The molecule has 1 aromatic rings. The van der Waals surface area contributed by atoms with Crippen molar-refractivity contribution in [3.05, 3.63) is 29.8 Å². The number of urea groups is 1. The Morgan fingerprint density at radius 3 is 2.03 bits per heavy atom. The summed E-state index contributed by atoms with van der Waals surface area (Å²) in [6.07, 6.45) is 0.0851. The van der Waals surface area contributed by atoms with E-state index in [2.05, 4.69) is 20.4 Å². The Labute approximate surface area is 182 Å². The summed E-state index contributed by atoms with van der Waals surface area (Å²) in [6.45, 7) is 8.60. The lowest BCUT2D eigenvalue weighted by Crippen LogP contribution is -2.47. The Kier molecular flexibility index (Phi) is 8.83. The van der Waals surface area contributed by atoms with Crippen LogP contribution in [0.3, 0.4) is 0 Å². The number of nitrogens with zero attached hydrogens (tertiary/aromatic N) is 3. The van der Waals surface area contributed by atoms with E-state index in [0.29, 0.717) is 31.9 Å². The van der Waals surface area contributed by atoms with Gasteiger partial charge in [0.05, 0.1) is 5.56 Å². The summed E-state index contributed by atoms with van der Waals surface area (Å²) in [6, 6.07) is 5.42. The van der Waals surface area contributed by atoms with Gasteiger partial charge in [-0.25, -0.2) is 4.79 Å². The van der Waals surface area contributed by atoms with Crippen LogP contribution in [0.1, 0.15) is 31.2 Å². The minimum atomic E-state index is -4.31. The number of carbonyl (C=O) groups is 1. The van der Waals surface area contributed by atoms with Crippen molar-refractivity contribution in [2.24, 2.45) is 0 Å². The van der Waals surface area contributed by atoms with Gasteiger partial charge in [0.15, 0.2) is 0 Å². The molecule has 0 spiro atoms. The van der Waals surface area contributed by atoms with Crippen LogP contribution in [-0.4, -0.2) is 81.3 Å². The first-order valence-corrected chi connectivity index (χ1v) is 11.3. The number of likely N-dealkylation sites (tertiary alicyclic amines) is 1. The second-order valence-electron chi connectivity index (χ2n) is 8.32. The van der Waals surface area contributed by atoms with Crippen molar-refractivity contribution < 1.29 is 18.0 Å². The van der Waals surface area contributed by atoms with Crippen LogP contribution < -0.4 is 15.5 Å². The van der Waals surface area contributed by atoms with Gasteiger partial charge in [0.2, 0.25) is 0 Å². The minimum Gasteiger partial charge on any atom is -0.369 e. The number of hydrogen-bond acceptors (Lipinski definition) is 4. The van der Waals surface area contributed by atoms with E-state index >= 15 is 0 Å². The first-order chi connectivity index (χ1) is 14.9. The summed E-state index contributed by atoms with van der Waals surface area (Å²) >= 11 is 0. The Bertz CT molecular complexity index is 686. The highest BCUT2D eigenvalue weighted by molar-refractivity contribution is 5.73. The molecule has 9 heteroatoms. The predicted molar refractivity (Wildman–Crippen MR) is 116 cm³/mol. The molecule has 0 bridgehead atoms. The molecular formula is C22H34F3N5O. The standard InChI is InChI=1S/C22H34F3N5O/c23-22(24,25)19-6-3-7-20(18-19)30-16-14-29(15-17-30)13-5-9-27-21(31)26-8-4-12-28-10-1-2-11-28/h3,6-7,18H,1-2,4-5,8-17H2,(H2,26,27,31). The van der Waals surface area contributed by atoms with Crippen molar-refractivity contribution in [1.82, 2.24) is 20.4 Å².